The summed E-state index contributed by atoms with van der Waals surface area (Å²) in [6.07, 6.45) is 6.24. The number of ether oxygens (including phenoxy) is 3. The highest BCUT2D eigenvalue weighted by Crippen LogP contribution is 2.44. The van der Waals surface area contributed by atoms with Crippen molar-refractivity contribution in [3.8, 4) is 11.5 Å². The first-order valence-corrected chi connectivity index (χ1v) is 14.5. The molecule has 0 spiro atoms. The minimum atomic E-state index is -0.988. The average Bonchev–Trinajstić information content (AvgIpc) is 2.95. The molecule has 2 bridgehead atoms. The third kappa shape index (κ3) is 9.94. The summed E-state index contributed by atoms with van der Waals surface area (Å²) in [5, 5.41) is 36.1. The van der Waals surface area contributed by atoms with E-state index in [-0.39, 0.29) is 35.2 Å². The molecule has 11 nitrogen and oxygen atoms in total. The number of phenols is 2. The first-order valence-electron chi connectivity index (χ1n) is 14.5. The molecule has 1 aromatic rings. The first kappa shape index (κ1) is 35.5. The second kappa shape index (κ2) is 16.8. The lowest BCUT2D eigenvalue weighted by Gasteiger charge is -2.29. The van der Waals surface area contributed by atoms with Gasteiger partial charge in [0.05, 0.1) is 17.9 Å². The molecule has 11 heteroatoms. The summed E-state index contributed by atoms with van der Waals surface area (Å²) in [6.45, 7) is 9.10. The normalized spacial score (nSPS) is 26.1. The fourth-order valence-corrected chi connectivity index (χ4v) is 5.02. The average molecular weight is 602 g/mol. The number of unbranched alkanes of at least 4 members (excludes halogenated alkanes) is 1. The van der Waals surface area contributed by atoms with Crippen LogP contribution in [-0.2, 0) is 25.4 Å². The maximum atomic E-state index is 13.0. The van der Waals surface area contributed by atoms with Crippen molar-refractivity contribution >= 4 is 29.6 Å². The van der Waals surface area contributed by atoms with Crippen LogP contribution in [0.2, 0.25) is 0 Å². The number of phenolic OH excluding ortho intramolecular Hbond substituents is 2. The molecule has 6 unspecified atom stereocenters. The van der Waals surface area contributed by atoms with E-state index in [9.17, 15) is 24.9 Å². The largest absolute Gasteiger partial charge is 0.506 e. The molecule has 0 saturated carbocycles. The Morgan fingerprint density at radius 3 is 2.51 bits per heavy atom. The van der Waals surface area contributed by atoms with Crippen LogP contribution in [0.4, 0.5) is 16.2 Å². The summed E-state index contributed by atoms with van der Waals surface area (Å²) >= 11 is 0. The summed E-state index contributed by atoms with van der Waals surface area (Å²) in [5.41, 5.74) is 6.89. The van der Waals surface area contributed by atoms with Crippen molar-refractivity contribution < 1.29 is 39.1 Å². The number of aliphatic imine (C=N–C) groups is 1. The number of carbonyl (C=O) groups excluding carboxylic acids is 2. The van der Waals surface area contributed by atoms with E-state index in [4.69, 9.17) is 19.9 Å². The number of rotatable bonds is 6. The zero-order chi connectivity index (χ0) is 32.3. The maximum absolute atomic E-state index is 13.0. The minimum absolute atomic E-state index is 0.0373. The van der Waals surface area contributed by atoms with Crippen LogP contribution in [0, 0.1) is 11.8 Å². The molecule has 0 radical (unpaired) electrons. The third-order valence-corrected chi connectivity index (χ3v) is 7.44. The highest BCUT2D eigenvalue weighted by molar-refractivity contribution is 6.04. The number of nitrogens with one attached hydrogen (secondary N) is 1. The lowest BCUT2D eigenvalue weighted by molar-refractivity contribution is -0.112. The molecule has 1 aliphatic heterocycles. The molecular formula is C32H47N3O8. The van der Waals surface area contributed by atoms with Crippen molar-refractivity contribution in [3.05, 3.63) is 47.1 Å². The van der Waals surface area contributed by atoms with E-state index in [0.29, 0.717) is 29.6 Å². The van der Waals surface area contributed by atoms with Gasteiger partial charge < -0.3 is 40.6 Å². The molecule has 6 N–H and O–H groups in total. The van der Waals surface area contributed by atoms with Gasteiger partial charge in [-0.2, -0.15) is 0 Å². The summed E-state index contributed by atoms with van der Waals surface area (Å²) in [6, 6.07) is 1.27. The lowest BCUT2D eigenvalue weighted by atomic mass is 9.87. The van der Waals surface area contributed by atoms with Gasteiger partial charge in [-0.15, -0.1) is 0 Å². The number of hydrogen-bond acceptors (Lipinski definition) is 9. The van der Waals surface area contributed by atoms with E-state index in [1.54, 1.807) is 38.3 Å². The van der Waals surface area contributed by atoms with Crippen molar-refractivity contribution in [2.24, 2.45) is 22.6 Å². The molecule has 0 saturated heterocycles. The van der Waals surface area contributed by atoms with Crippen LogP contribution in [0.15, 0.2) is 46.5 Å². The van der Waals surface area contributed by atoms with Crippen LogP contribution in [0.3, 0.4) is 0 Å². The zero-order valence-electron chi connectivity index (χ0n) is 26.2. The first-order chi connectivity index (χ1) is 20.3. The van der Waals surface area contributed by atoms with Gasteiger partial charge in [-0.3, -0.25) is 9.79 Å². The number of aromatic hydroxyl groups is 2. The lowest BCUT2D eigenvalue weighted by Crippen LogP contribution is -2.37. The van der Waals surface area contributed by atoms with Crippen molar-refractivity contribution in [3.63, 3.8) is 0 Å². The van der Waals surface area contributed by atoms with Crippen molar-refractivity contribution in [2.45, 2.75) is 84.7 Å². The predicted molar refractivity (Wildman–Crippen MR) is 167 cm³/mol. The molecule has 2 rings (SSSR count). The van der Waals surface area contributed by atoms with Gasteiger partial charge in [0.1, 0.15) is 23.3 Å². The van der Waals surface area contributed by atoms with Gasteiger partial charge in [0, 0.05) is 43.6 Å². The number of nitrogens with two attached hydrogens (primary N) is 1. The van der Waals surface area contributed by atoms with Gasteiger partial charge in [-0.25, -0.2) is 4.79 Å². The SMILES string of the molecule is CCCC=Nc1c(O)cc2c(O)c1CC(C)CC(OC)C(O)C(C)C=C(C)C(OC(N)=O)C(OC)C=CC=C(C)C(=O)N2. The van der Waals surface area contributed by atoms with Crippen LogP contribution < -0.4 is 11.1 Å². The third-order valence-electron chi connectivity index (χ3n) is 7.44. The number of anilines is 1. The number of carbonyl (C=O) groups is 2. The van der Waals surface area contributed by atoms with Crippen LogP contribution in [-0.4, -0.2) is 72.2 Å². The molecule has 1 heterocycles. The quantitative estimate of drug-likeness (QED) is 0.130. The summed E-state index contributed by atoms with van der Waals surface area (Å²) in [4.78, 5) is 29.2. The highest BCUT2D eigenvalue weighted by Gasteiger charge is 2.30. The van der Waals surface area contributed by atoms with Gasteiger partial charge in [-0.05, 0) is 44.6 Å². The van der Waals surface area contributed by atoms with E-state index in [2.05, 4.69) is 10.3 Å². The fraction of sp³-hybridized carbons (Fsp3) is 0.531. The second-order valence-corrected chi connectivity index (χ2v) is 11.0. The van der Waals surface area contributed by atoms with Gasteiger partial charge >= 0.3 is 6.09 Å². The smallest absolute Gasteiger partial charge is 0.405 e. The van der Waals surface area contributed by atoms with E-state index >= 15 is 0 Å². The fourth-order valence-electron chi connectivity index (χ4n) is 5.02. The molecule has 238 valence electrons. The Morgan fingerprint density at radius 1 is 1.21 bits per heavy atom. The van der Waals surface area contributed by atoms with Gasteiger partial charge in [0.2, 0.25) is 0 Å². The maximum Gasteiger partial charge on any atom is 0.405 e. The Bertz CT molecular complexity index is 1240. The van der Waals surface area contributed by atoms with Crippen LogP contribution >= 0.6 is 0 Å². The van der Waals surface area contributed by atoms with E-state index in [1.807, 2.05) is 20.8 Å². The Morgan fingerprint density at radius 2 is 1.91 bits per heavy atom. The van der Waals surface area contributed by atoms with Crippen LogP contribution in [0.1, 0.15) is 59.4 Å². The van der Waals surface area contributed by atoms with Gasteiger partial charge in [-0.1, -0.05) is 51.5 Å². The van der Waals surface area contributed by atoms with Gasteiger partial charge in [0.15, 0.2) is 6.10 Å². The monoisotopic (exact) mass is 601 g/mol. The van der Waals surface area contributed by atoms with Crippen LogP contribution in [0.5, 0.6) is 11.5 Å². The molecule has 6 atom stereocenters. The zero-order valence-corrected chi connectivity index (χ0v) is 26.2. The summed E-state index contributed by atoms with van der Waals surface area (Å²) < 4.78 is 16.6. The number of methoxy groups -OCH3 is 2. The molecule has 2 amide bonds. The van der Waals surface area contributed by atoms with E-state index in [1.165, 1.54) is 26.4 Å². The standard InChI is InChI=1S/C32H47N3O8/c1-8-9-13-34-27-22-14-18(2)15-26(42-7)28(37)20(4)16-21(5)30(43-32(33)40)25(41-6)12-10-11-19(3)31(39)35-23(29(22)38)17-24(27)36/h10-13,16-18,20,25-26,28,30,36-38H,8-9,14-15H2,1-7H3,(H2,33,40)(H,35,39). The van der Waals surface area contributed by atoms with Gasteiger partial charge in [0.25, 0.3) is 5.91 Å². The van der Waals surface area contributed by atoms with Crippen LogP contribution in [0.25, 0.3) is 0 Å². The molecule has 0 aliphatic carbocycles. The number of fused-ring (bicyclic) bond motifs is 2. The van der Waals surface area contributed by atoms with Crippen molar-refractivity contribution in [1.82, 2.24) is 0 Å². The van der Waals surface area contributed by atoms with Crippen molar-refractivity contribution in [2.75, 3.05) is 19.5 Å². The van der Waals surface area contributed by atoms with E-state index in [0.717, 1.165) is 6.42 Å². The van der Waals surface area contributed by atoms with E-state index < -0.39 is 42.3 Å². The number of allylic oxidation sites excluding steroid dienone is 2. The Labute approximate surface area is 254 Å². The Balaban J connectivity index is 2.68. The number of nitrogens with zero attached hydrogens (tertiary/aromatic N) is 1. The highest BCUT2D eigenvalue weighted by atomic mass is 16.6. The molecular weight excluding hydrogens is 554 g/mol. The second-order valence-electron chi connectivity index (χ2n) is 11.0. The number of aliphatic hydroxyl groups excluding tert-OH is 1. The molecule has 0 fully saturated rings. The number of primary amides is 1. The Hall–Kier alpha value is -3.67. The molecule has 1 aliphatic rings. The number of amides is 2. The molecule has 0 aromatic heterocycles. The minimum Gasteiger partial charge on any atom is -0.506 e. The number of aliphatic hydroxyl groups is 1. The number of benzene rings is 1. The summed E-state index contributed by atoms with van der Waals surface area (Å²) in [5.74, 6) is -1.46. The number of hydrogen-bond donors (Lipinski definition) is 5. The Kier molecular flexibility index (Phi) is 13.9. The molecule has 43 heavy (non-hydrogen) atoms. The van der Waals surface area contributed by atoms with Crippen molar-refractivity contribution in [1.29, 1.82) is 0 Å². The summed E-state index contributed by atoms with van der Waals surface area (Å²) in [7, 11) is 2.96. The molecule has 1 aromatic carbocycles. The topological polar surface area (TPSA) is 173 Å². The predicted octanol–water partition coefficient (Wildman–Crippen LogP) is 5.06.